The van der Waals surface area contributed by atoms with Crippen LogP contribution in [-0.2, 0) is 4.74 Å². The van der Waals surface area contributed by atoms with E-state index in [-0.39, 0.29) is 5.60 Å². The van der Waals surface area contributed by atoms with Crippen LogP contribution in [0.2, 0.25) is 0 Å². The predicted molar refractivity (Wildman–Crippen MR) is 64.8 cm³/mol. The molecular formula is C10H17NOS2. The van der Waals surface area contributed by atoms with Gasteiger partial charge in [0.15, 0.2) is 0 Å². The van der Waals surface area contributed by atoms with E-state index in [0.717, 1.165) is 19.4 Å². The number of hydrogen-bond acceptors (Lipinski definition) is 3. The normalized spacial score (nSPS) is 31.6. The highest BCUT2D eigenvalue weighted by Gasteiger charge is 2.39. The molecule has 14 heavy (non-hydrogen) atoms. The van der Waals surface area contributed by atoms with Crippen molar-refractivity contribution >= 4 is 29.0 Å². The third kappa shape index (κ3) is 2.23. The van der Waals surface area contributed by atoms with E-state index >= 15 is 0 Å². The van der Waals surface area contributed by atoms with E-state index in [1.54, 1.807) is 0 Å². The zero-order chi connectivity index (χ0) is 10.0. The predicted octanol–water partition coefficient (Wildman–Crippen LogP) is 1.96. The van der Waals surface area contributed by atoms with E-state index < -0.39 is 0 Å². The maximum Gasteiger partial charge on any atom is 0.0760 e. The van der Waals surface area contributed by atoms with Gasteiger partial charge in [-0.1, -0.05) is 12.2 Å². The molecule has 2 aliphatic rings. The Kier molecular flexibility index (Phi) is 3.34. The molecule has 2 N–H and O–H groups in total. The van der Waals surface area contributed by atoms with Crippen LogP contribution >= 0.6 is 24.0 Å². The fraction of sp³-hybridized carbons (Fsp3) is 0.900. The molecule has 0 saturated carbocycles. The van der Waals surface area contributed by atoms with Crippen LogP contribution in [0.25, 0.3) is 0 Å². The van der Waals surface area contributed by atoms with Gasteiger partial charge in [-0.3, -0.25) is 0 Å². The number of thiocarbonyl (C=S) groups is 1. The lowest BCUT2D eigenvalue weighted by atomic mass is 9.82. The second-order valence-electron chi connectivity index (χ2n) is 4.24. The molecule has 0 aliphatic carbocycles. The highest BCUT2D eigenvalue weighted by molar-refractivity contribution is 7.99. The average Bonchev–Trinajstić information content (AvgIpc) is 2.19. The van der Waals surface area contributed by atoms with Crippen LogP contribution in [0, 0.1) is 5.92 Å². The largest absolute Gasteiger partial charge is 0.393 e. The summed E-state index contributed by atoms with van der Waals surface area (Å²) in [4.78, 5) is 0.686. The first kappa shape index (κ1) is 10.7. The van der Waals surface area contributed by atoms with Crippen molar-refractivity contribution < 1.29 is 4.74 Å². The molecule has 4 heteroatoms. The Hall–Kier alpha value is 0.200. The Morgan fingerprint density at radius 2 is 2.14 bits per heavy atom. The molecule has 2 fully saturated rings. The van der Waals surface area contributed by atoms with Crippen LogP contribution in [-0.4, -0.2) is 28.7 Å². The first-order chi connectivity index (χ1) is 6.72. The monoisotopic (exact) mass is 231 g/mol. The summed E-state index contributed by atoms with van der Waals surface area (Å²) in [7, 11) is 0. The van der Waals surface area contributed by atoms with Crippen molar-refractivity contribution in [3.8, 4) is 0 Å². The molecule has 2 heterocycles. The fourth-order valence-electron chi connectivity index (χ4n) is 2.36. The smallest absolute Gasteiger partial charge is 0.0760 e. The highest BCUT2D eigenvalue weighted by Crippen LogP contribution is 2.39. The summed E-state index contributed by atoms with van der Waals surface area (Å²) < 4.78 is 5.96. The summed E-state index contributed by atoms with van der Waals surface area (Å²) in [5.41, 5.74) is 5.85. The van der Waals surface area contributed by atoms with Crippen molar-refractivity contribution in [2.24, 2.45) is 11.7 Å². The van der Waals surface area contributed by atoms with E-state index in [2.05, 4.69) is 0 Å². The number of rotatable bonds is 1. The summed E-state index contributed by atoms with van der Waals surface area (Å²) in [5.74, 6) is 2.87. The van der Waals surface area contributed by atoms with Gasteiger partial charge in [-0.25, -0.2) is 0 Å². The van der Waals surface area contributed by atoms with Gasteiger partial charge in [0.05, 0.1) is 10.6 Å². The Bertz CT molecular complexity index is 221. The maximum absolute atomic E-state index is 5.96. The van der Waals surface area contributed by atoms with E-state index in [9.17, 15) is 0 Å². The number of thioether (sulfide) groups is 1. The number of nitrogens with two attached hydrogens (primary N) is 1. The van der Waals surface area contributed by atoms with Crippen molar-refractivity contribution in [2.75, 3.05) is 18.1 Å². The molecule has 0 bridgehead atoms. The van der Waals surface area contributed by atoms with Gasteiger partial charge in [-0.2, -0.15) is 11.8 Å². The second kappa shape index (κ2) is 4.37. The van der Waals surface area contributed by atoms with Gasteiger partial charge in [0, 0.05) is 12.5 Å². The van der Waals surface area contributed by atoms with Gasteiger partial charge >= 0.3 is 0 Å². The van der Waals surface area contributed by atoms with Crippen LogP contribution < -0.4 is 5.73 Å². The van der Waals surface area contributed by atoms with Gasteiger partial charge in [0.2, 0.25) is 0 Å². The van der Waals surface area contributed by atoms with Gasteiger partial charge < -0.3 is 10.5 Å². The molecule has 2 aliphatic heterocycles. The zero-order valence-electron chi connectivity index (χ0n) is 8.33. The van der Waals surface area contributed by atoms with E-state index in [1.807, 2.05) is 11.8 Å². The summed E-state index contributed by atoms with van der Waals surface area (Å²) in [5, 5.41) is 0. The van der Waals surface area contributed by atoms with Crippen LogP contribution in [0.1, 0.15) is 25.7 Å². The van der Waals surface area contributed by atoms with Gasteiger partial charge in [-0.15, -0.1) is 0 Å². The van der Waals surface area contributed by atoms with Gasteiger partial charge in [0.25, 0.3) is 0 Å². The molecule has 2 nitrogen and oxygen atoms in total. The van der Waals surface area contributed by atoms with E-state index in [4.69, 9.17) is 22.7 Å². The van der Waals surface area contributed by atoms with Crippen LogP contribution in [0.15, 0.2) is 0 Å². The van der Waals surface area contributed by atoms with Gasteiger partial charge in [-0.05, 0) is 37.2 Å². The molecule has 80 valence electrons. The lowest BCUT2D eigenvalue weighted by Crippen LogP contribution is -2.45. The quantitative estimate of drug-likeness (QED) is 0.700. The molecule has 1 atom stereocenters. The molecular weight excluding hydrogens is 214 g/mol. The van der Waals surface area contributed by atoms with Gasteiger partial charge in [0.1, 0.15) is 0 Å². The minimum absolute atomic E-state index is 0.123. The molecule has 2 rings (SSSR count). The lowest BCUT2D eigenvalue weighted by molar-refractivity contribution is -0.0921. The highest BCUT2D eigenvalue weighted by atomic mass is 32.2. The minimum atomic E-state index is 0.123. The fourth-order valence-corrected chi connectivity index (χ4v) is 3.80. The Labute approximate surface area is 94.9 Å². The summed E-state index contributed by atoms with van der Waals surface area (Å²) in [6, 6.07) is 0. The summed E-state index contributed by atoms with van der Waals surface area (Å²) in [6.07, 6.45) is 4.43. The lowest BCUT2D eigenvalue weighted by Gasteiger charge is -2.43. The standard InChI is InChI=1S/C10H17NOS2/c11-9(13)8-1-4-12-10(7-8)2-5-14-6-3-10/h8H,1-7H2,(H2,11,13). The molecule has 1 spiro atoms. The molecule has 2 saturated heterocycles. The third-order valence-corrected chi connectivity index (χ3v) is 4.62. The van der Waals surface area contributed by atoms with Crippen molar-refractivity contribution in [1.82, 2.24) is 0 Å². The molecule has 0 aromatic heterocycles. The zero-order valence-corrected chi connectivity index (χ0v) is 9.96. The Morgan fingerprint density at radius 3 is 2.79 bits per heavy atom. The van der Waals surface area contributed by atoms with Crippen LogP contribution in [0.4, 0.5) is 0 Å². The first-order valence-electron chi connectivity index (χ1n) is 5.23. The topological polar surface area (TPSA) is 35.2 Å². The van der Waals surface area contributed by atoms with Crippen LogP contribution in [0.3, 0.4) is 0 Å². The number of ether oxygens (including phenoxy) is 1. The second-order valence-corrected chi connectivity index (χ2v) is 5.93. The first-order valence-corrected chi connectivity index (χ1v) is 6.79. The molecule has 0 amide bonds. The van der Waals surface area contributed by atoms with Crippen molar-refractivity contribution in [1.29, 1.82) is 0 Å². The van der Waals surface area contributed by atoms with Crippen molar-refractivity contribution in [2.45, 2.75) is 31.3 Å². The number of hydrogen-bond donors (Lipinski definition) is 1. The Balaban J connectivity index is 2.01. The Morgan fingerprint density at radius 1 is 1.43 bits per heavy atom. The maximum atomic E-state index is 5.96. The van der Waals surface area contributed by atoms with Crippen LogP contribution in [0.5, 0.6) is 0 Å². The molecule has 0 aromatic carbocycles. The van der Waals surface area contributed by atoms with E-state index in [1.165, 1.54) is 24.3 Å². The minimum Gasteiger partial charge on any atom is -0.393 e. The van der Waals surface area contributed by atoms with Crippen molar-refractivity contribution in [3.63, 3.8) is 0 Å². The van der Waals surface area contributed by atoms with Crippen molar-refractivity contribution in [3.05, 3.63) is 0 Å². The third-order valence-electron chi connectivity index (χ3n) is 3.30. The summed E-state index contributed by atoms with van der Waals surface area (Å²) in [6.45, 7) is 0.840. The molecule has 1 unspecified atom stereocenters. The SMILES string of the molecule is NC(=S)C1CCOC2(CCSCC2)C1. The average molecular weight is 231 g/mol. The van der Waals surface area contributed by atoms with E-state index in [0.29, 0.717) is 10.9 Å². The molecule has 0 radical (unpaired) electrons. The summed E-state index contributed by atoms with van der Waals surface area (Å²) >= 11 is 7.11. The molecule has 0 aromatic rings.